The van der Waals surface area contributed by atoms with Gasteiger partial charge in [0.25, 0.3) is 5.56 Å². The van der Waals surface area contributed by atoms with E-state index < -0.39 is 0 Å². The Morgan fingerprint density at radius 1 is 1.00 bits per heavy atom. The Bertz CT molecular complexity index is 1390. The summed E-state index contributed by atoms with van der Waals surface area (Å²) < 4.78 is 13.1. The van der Waals surface area contributed by atoms with Crippen molar-refractivity contribution in [2.24, 2.45) is 0 Å². The average Bonchev–Trinajstić information content (AvgIpc) is 3.25. The third-order valence-electron chi connectivity index (χ3n) is 4.94. The van der Waals surface area contributed by atoms with E-state index in [1.165, 1.54) is 10.9 Å². The van der Waals surface area contributed by atoms with Crippen LogP contribution in [0.2, 0.25) is 0 Å². The Hall–Kier alpha value is -3.67. The van der Waals surface area contributed by atoms with Gasteiger partial charge in [-0.15, -0.1) is 0 Å². The summed E-state index contributed by atoms with van der Waals surface area (Å²) in [5.74, 6) is 1.23. The fourth-order valence-electron chi connectivity index (χ4n) is 3.39. The third kappa shape index (κ3) is 2.53. The summed E-state index contributed by atoms with van der Waals surface area (Å²) in [6, 6.07) is 15.4. The molecule has 0 saturated carbocycles. The molecule has 6 nitrogen and oxygen atoms in total. The lowest BCUT2D eigenvalue weighted by Crippen LogP contribution is -2.21. The van der Waals surface area contributed by atoms with Crippen LogP contribution in [-0.4, -0.2) is 14.5 Å². The molecule has 3 heterocycles. The largest absolute Gasteiger partial charge is 0.448 e. The van der Waals surface area contributed by atoms with Gasteiger partial charge in [0.15, 0.2) is 0 Å². The number of aromatic nitrogens is 3. The zero-order chi connectivity index (χ0) is 19.3. The number of benzene rings is 2. The van der Waals surface area contributed by atoms with E-state index in [2.05, 4.69) is 9.97 Å². The van der Waals surface area contributed by atoms with Gasteiger partial charge in [-0.2, -0.15) is 0 Å². The van der Waals surface area contributed by atoms with Crippen molar-refractivity contribution in [1.29, 1.82) is 0 Å². The van der Waals surface area contributed by atoms with E-state index in [9.17, 15) is 4.79 Å². The minimum atomic E-state index is -0.235. The number of furan rings is 1. The summed E-state index contributed by atoms with van der Waals surface area (Å²) in [6.45, 7) is 4.13. The van der Waals surface area contributed by atoms with Crippen LogP contribution in [0.15, 0.2) is 68.5 Å². The van der Waals surface area contributed by atoms with Crippen molar-refractivity contribution in [2.45, 2.75) is 20.4 Å². The maximum Gasteiger partial charge on any atom is 0.297 e. The van der Waals surface area contributed by atoms with Crippen molar-refractivity contribution in [3.05, 3.63) is 82.2 Å². The summed E-state index contributed by atoms with van der Waals surface area (Å²) in [5, 5.41) is 0.834. The number of nitrogens with zero attached hydrogens (tertiary/aromatic N) is 3. The van der Waals surface area contributed by atoms with Crippen LogP contribution in [0.1, 0.15) is 17.0 Å². The zero-order valence-electron chi connectivity index (χ0n) is 15.5. The van der Waals surface area contributed by atoms with Crippen LogP contribution in [0.25, 0.3) is 33.5 Å². The molecule has 5 rings (SSSR count). The maximum atomic E-state index is 12.9. The van der Waals surface area contributed by atoms with E-state index in [4.69, 9.17) is 8.83 Å². The predicted molar refractivity (Wildman–Crippen MR) is 106 cm³/mol. The topological polar surface area (TPSA) is 74.1 Å². The van der Waals surface area contributed by atoms with Crippen molar-refractivity contribution in [3.63, 3.8) is 0 Å². The highest BCUT2D eigenvalue weighted by atomic mass is 16.4. The third-order valence-corrected chi connectivity index (χ3v) is 4.94. The first-order chi connectivity index (χ1) is 13.6. The molecule has 0 bridgehead atoms. The number of oxazole rings is 1. The quantitative estimate of drug-likeness (QED) is 0.468. The van der Waals surface area contributed by atoms with Crippen molar-refractivity contribution < 1.29 is 8.83 Å². The molecule has 3 aromatic heterocycles. The van der Waals surface area contributed by atoms with Gasteiger partial charge in [-0.3, -0.25) is 9.36 Å². The van der Waals surface area contributed by atoms with Crippen LogP contribution in [0.3, 0.4) is 0 Å². The summed E-state index contributed by atoms with van der Waals surface area (Å²) in [5.41, 5.74) is 3.96. The molecule has 0 spiro atoms. The van der Waals surface area contributed by atoms with E-state index in [0.717, 1.165) is 16.5 Å². The first kappa shape index (κ1) is 16.5. The molecule has 0 aliphatic heterocycles. The Morgan fingerprint density at radius 3 is 2.64 bits per heavy atom. The number of aryl methyl sites for hydroxylation is 2. The Labute approximate surface area is 160 Å². The van der Waals surface area contributed by atoms with Gasteiger partial charge >= 0.3 is 0 Å². The van der Waals surface area contributed by atoms with Crippen LogP contribution < -0.4 is 5.56 Å². The zero-order valence-corrected chi connectivity index (χ0v) is 15.5. The molecule has 0 aliphatic carbocycles. The van der Waals surface area contributed by atoms with Crippen LogP contribution in [0, 0.1) is 13.8 Å². The Morgan fingerprint density at radius 2 is 1.79 bits per heavy atom. The molecule has 0 unspecified atom stereocenters. The standard InChI is InChI=1S/C22H17N3O3/c1-13-7-3-4-8-15(13)21-24-17(14(2)27-21)11-25-12-23-19-16-9-5-6-10-18(16)28-20(19)22(25)26/h3-10,12H,11H2,1-2H3. The van der Waals surface area contributed by atoms with Gasteiger partial charge in [0.2, 0.25) is 11.5 Å². The molecule has 2 aromatic carbocycles. The molecule has 138 valence electrons. The first-order valence-electron chi connectivity index (χ1n) is 9.01. The van der Waals surface area contributed by atoms with Crippen molar-refractivity contribution in [3.8, 4) is 11.5 Å². The molecule has 0 atom stereocenters. The fourth-order valence-corrected chi connectivity index (χ4v) is 3.39. The molecular weight excluding hydrogens is 354 g/mol. The van der Waals surface area contributed by atoms with Crippen LogP contribution >= 0.6 is 0 Å². The number of rotatable bonds is 3. The molecular formula is C22H17N3O3. The number of fused-ring (bicyclic) bond motifs is 3. The molecule has 0 amide bonds. The summed E-state index contributed by atoms with van der Waals surface area (Å²) in [6.07, 6.45) is 1.54. The van der Waals surface area contributed by atoms with E-state index in [1.807, 2.05) is 62.4 Å². The Kier molecular flexibility index (Phi) is 3.65. The molecule has 0 saturated heterocycles. The second-order valence-corrected chi connectivity index (χ2v) is 6.79. The number of para-hydroxylation sites is 1. The van der Waals surface area contributed by atoms with E-state index in [0.29, 0.717) is 28.4 Å². The molecule has 0 fully saturated rings. The highest BCUT2D eigenvalue weighted by molar-refractivity contribution is 6.01. The van der Waals surface area contributed by atoms with Crippen molar-refractivity contribution in [1.82, 2.24) is 14.5 Å². The SMILES string of the molecule is Cc1ccccc1-c1nc(Cn2cnc3c(oc4ccccc43)c2=O)c(C)o1. The fraction of sp³-hybridized carbons (Fsp3) is 0.136. The summed E-state index contributed by atoms with van der Waals surface area (Å²) in [4.78, 5) is 22.0. The van der Waals surface area contributed by atoms with Gasteiger partial charge in [0.05, 0.1) is 12.9 Å². The minimum absolute atomic E-state index is 0.235. The Balaban J connectivity index is 1.57. The van der Waals surface area contributed by atoms with Gasteiger partial charge in [0, 0.05) is 10.9 Å². The van der Waals surface area contributed by atoms with Crippen LogP contribution in [0.5, 0.6) is 0 Å². The van der Waals surface area contributed by atoms with Crippen LogP contribution in [0.4, 0.5) is 0 Å². The maximum absolute atomic E-state index is 12.9. The predicted octanol–water partition coefficient (Wildman–Crippen LogP) is 4.46. The van der Waals surface area contributed by atoms with E-state index in [-0.39, 0.29) is 17.7 Å². The van der Waals surface area contributed by atoms with E-state index >= 15 is 0 Å². The molecule has 28 heavy (non-hydrogen) atoms. The number of hydrogen-bond acceptors (Lipinski definition) is 5. The average molecular weight is 371 g/mol. The highest BCUT2D eigenvalue weighted by Crippen LogP contribution is 2.26. The lowest BCUT2D eigenvalue weighted by molar-refractivity contribution is 0.536. The van der Waals surface area contributed by atoms with Gasteiger partial charge in [-0.1, -0.05) is 30.3 Å². The lowest BCUT2D eigenvalue weighted by atomic mass is 10.1. The van der Waals surface area contributed by atoms with Gasteiger partial charge in [0.1, 0.15) is 22.6 Å². The molecule has 0 N–H and O–H groups in total. The monoisotopic (exact) mass is 371 g/mol. The summed E-state index contributed by atoms with van der Waals surface area (Å²) in [7, 11) is 0. The lowest BCUT2D eigenvalue weighted by Gasteiger charge is -2.02. The smallest absolute Gasteiger partial charge is 0.297 e. The molecule has 0 radical (unpaired) electrons. The van der Waals surface area contributed by atoms with Crippen molar-refractivity contribution >= 4 is 22.1 Å². The van der Waals surface area contributed by atoms with E-state index in [1.54, 1.807) is 0 Å². The van der Waals surface area contributed by atoms with Crippen molar-refractivity contribution in [2.75, 3.05) is 0 Å². The van der Waals surface area contributed by atoms with Gasteiger partial charge in [-0.25, -0.2) is 9.97 Å². The summed E-state index contributed by atoms with van der Waals surface area (Å²) >= 11 is 0. The molecule has 0 aliphatic rings. The molecule has 6 heteroatoms. The first-order valence-corrected chi connectivity index (χ1v) is 9.01. The number of hydrogen-bond donors (Lipinski definition) is 0. The molecule has 5 aromatic rings. The second kappa shape index (κ2) is 6.20. The highest BCUT2D eigenvalue weighted by Gasteiger charge is 2.17. The minimum Gasteiger partial charge on any atom is -0.448 e. The van der Waals surface area contributed by atoms with Gasteiger partial charge in [-0.05, 0) is 37.6 Å². The second-order valence-electron chi connectivity index (χ2n) is 6.79. The normalized spacial score (nSPS) is 11.5. The van der Waals surface area contributed by atoms with Crippen LogP contribution in [-0.2, 0) is 6.54 Å². The van der Waals surface area contributed by atoms with Gasteiger partial charge < -0.3 is 8.83 Å².